The van der Waals surface area contributed by atoms with E-state index in [2.05, 4.69) is 25.9 Å². The highest BCUT2D eigenvalue weighted by atomic mass is 79.9. The molecule has 0 radical (unpaired) electrons. The molecule has 64 heavy (non-hydrogen) atoms. The third-order valence-corrected chi connectivity index (χ3v) is 14.0. The number of fused-ring (bicyclic) bond motifs is 2. The van der Waals surface area contributed by atoms with Crippen molar-refractivity contribution in [2.24, 2.45) is 0 Å². The largest absolute Gasteiger partial charge is 0.497 e. The van der Waals surface area contributed by atoms with Gasteiger partial charge in [-0.3, -0.25) is 0 Å². The molecule has 0 bridgehead atoms. The van der Waals surface area contributed by atoms with Gasteiger partial charge in [0.05, 0.1) is 46.8 Å². The number of nitrogens with two attached hydrogens (primary N) is 2. The van der Waals surface area contributed by atoms with Crippen LogP contribution in [0.2, 0.25) is 0 Å². The number of halogens is 3. The molecule has 0 amide bonds. The summed E-state index contributed by atoms with van der Waals surface area (Å²) in [5.41, 5.74) is 19.7. The Hall–Kier alpha value is -5.18. The van der Waals surface area contributed by atoms with Crippen molar-refractivity contribution in [2.75, 3.05) is 25.7 Å². The molecule has 338 valence electrons. The van der Waals surface area contributed by atoms with Gasteiger partial charge >= 0.3 is 19.1 Å². The fraction of sp³-hybridized carbons (Fsp3) is 0.400. The summed E-state index contributed by atoms with van der Waals surface area (Å²) in [5.74, 6) is -0.314. The maximum absolute atomic E-state index is 13.9. The van der Waals surface area contributed by atoms with Crippen LogP contribution in [-0.2, 0) is 18.8 Å². The molecule has 14 heteroatoms. The van der Waals surface area contributed by atoms with Crippen molar-refractivity contribution in [3.05, 3.63) is 111 Å². The summed E-state index contributed by atoms with van der Waals surface area (Å²) in [6.07, 6.45) is 12.3. The fourth-order valence-electron chi connectivity index (χ4n) is 9.18. The second-order valence-corrected chi connectivity index (χ2v) is 18.8. The summed E-state index contributed by atoms with van der Waals surface area (Å²) in [7, 11) is 2.16. The number of anilines is 2. The number of aromatic nitrogens is 2. The lowest BCUT2D eigenvalue weighted by Gasteiger charge is -2.32. The van der Waals surface area contributed by atoms with Crippen molar-refractivity contribution in [1.29, 1.82) is 0 Å². The van der Waals surface area contributed by atoms with E-state index in [4.69, 9.17) is 30.2 Å². The zero-order valence-electron chi connectivity index (χ0n) is 37.5. The van der Waals surface area contributed by atoms with Crippen molar-refractivity contribution in [1.82, 2.24) is 9.97 Å². The Kier molecular flexibility index (Phi) is 14.3. The van der Waals surface area contributed by atoms with Crippen LogP contribution in [0, 0.1) is 11.6 Å². The van der Waals surface area contributed by atoms with Gasteiger partial charge in [-0.05, 0) is 153 Å². The molecule has 1 saturated heterocycles. The van der Waals surface area contributed by atoms with Crippen molar-refractivity contribution in [2.45, 2.75) is 115 Å². The number of carbonyl (C=O) groups is 2. The number of nitrogen functional groups attached to an aromatic ring is 2. The summed E-state index contributed by atoms with van der Waals surface area (Å²) in [4.78, 5) is 30.3. The van der Waals surface area contributed by atoms with E-state index in [0.717, 1.165) is 39.6 Å². The number of hydrogen-bond donors (Lipinski definition) is 4. The molecule has 3 aliphatic rings. The Labute approximate surface area is 382 Å². The molecule has 0 atom stereocenters. The molecule has 6 aromatic rings. The normalized spacial score (nSPS) is 17.4. The van der Waals surface area contributed by atoms with Crippen molar-refractivity contribution in [3.63, 3.8) is 0 Å². The minimum atomic E-state index is -0.615. The molecule has 3 heterocycles. The number of carbonyl (C=O) groups excluding carboxylic acids is 2. The molecule has 3 fully saturated rings. The molecule has 4 aromatic carbocycles. The summed E-state index contributed by atoms with van der Waals surface area (Å²) < 4.78 is 49.5. The fourth-order valence-corrected chi connectivity index (χ4v) is 9.93. The van der Waals surface area contributed by atoms with E-state index in [1.807, 2.05) is 52.0 Å². The van der Waals surface area contributed by atoms with Gasteiger partial charge in [-0.2, -0.15) is 0 Å². The summed E-state index contributed by atoms with van der Waals surface area (Å²) >= 11 is 3.65. The van der Waals surface area contributed by atoms with Crippen LogP contribution >= 0.6 is 15.9 Å². The highest BCUT2D eigenvalue weighted by Crippen LogP contribution is 2.44. The molecule has 2 aliphatic carbocycles. The zero-order chi connectivity index (χ0) is 45.9. The number of ether oxygens (including phenoxy) is 2. The molecule has 0 spiro atoms. The number of aromatic amines is 2. The third kappa shape index (κ3) is 9.89. The minimum absolute atomic E-state index is 0.295. The van der Waals surface area contributed by atoms with E-state index in [1.54, 1.807) is 18.2 Å². The van der Waals surface area contributed by atoms with E-state index >= 15 is 0 Å². The van der Waals surface area contributed by atoms with Gasteiger partial charge in [0.15, 0.2) is 0 Å². The quantitative estimate of drug-likeness (QED) is 0.0731. The molecule has 2 aromatic heterocycles. The second kappa shape index (κ2) is 19.5. The van der Waals surface area contributed by atoms with Crippen molar-refractivity contribution >= 4 is 73.6 Å². The Bertz CT molecular complexity index is 2630. The molecule has 0 unspecified atom stereocenters. The molecule has 9 rings (SSSR count). The minimum Gasteiger partial charge on any atom is -0.465 e. The number of rotatable bonds is 6. The first-order valence-electron chi connectivity index (χ1n) is 22.1. The average molecular weight is 940 g/mol. The van der Waals surface area contributed by atoms with Crippen molar-refractivity contribution < 1.29 is 37.2 Å². The SMILES string of the molecule is CC1(C)OB(c2cc(F)ccc2N)OC1(C)C.COC(=O)c1ccc2c(C3CCCCC3)c(-c3cc(F)ccc3N)[nH]c2c1.COC(=O)c1ccc2c(C3CCCCC3)c(Br)[nH]c2c1. The lowest BCUT2D eigenvalue weighted by atomic mass is 9.78. The van der Waals surface area contributed by atoms with Gasteiger partial charge in [-0.1, -0.05) is 50.7 Å². The van der Waals surface area contributed by atoms with Crippen LogP contribution in [0.1, 0.15) is 136 Å². The van der Waals surface area contributed by atoms with Crippen molar-refractivity contribution in [3.8, 4) is 11.3 Å². The molecular weight excluding hydrogens is 881 g/mol. The molecular formula is C50H58BBrF2N4O6. The summed E-state index contributed by atoms with van der Waals surface area (Å²) in [5, 5.41) is 2.28. The third-order valence-electron chi connectivity index (χ3n) is 13.3. The standard InChI is InChI=1S/C22H23FN2O2.C16H18BrNO2.C12H17BFNO2/c1-27-22(26)14-7-9-16-19(11-14)25-21(17-12-15(23)8-10-18(17)24)20(16)13-5-3-2-4-6-13;1-20-16(19)11-7-8-12-13(9-11)18-15(17)14(12)10-5-3-2-4-6-10;1-11(2)12(3,4)17-13(16-11)9-7-8(14)5-6-10(9)15/h7-13,25H,2-6,24H2,1H3;7-10,18H,2-6H2,1H3;5-7H,15H2,1-4H3. The van der Waals surface area contributed by atoms with Gasteiger partial charge in [0.25, 0.3) is 0 Å². The predicted molar refractivity (Wildman–Crippen MR) is 255 cm³/mol. The first-order valence-corrected chi connectivity index (χ1v) is 22.9. The van der Waals surface area contributed by atoms with E-state index in [1.165, 1.54) is 112 Å². The van der Waals surface area contributed by atoms with Crippen LogP contribution in [0.3, 0.4) is 0 Å². The first kappa shape index (κ1) is 46.8. The van der Waals surface area contributed by atoms with Crippen LogP contribution in [0.25, 0.3) is 33.1 Å². The van der Waals surface area contributed by atoms with Gasteiger partial charge in [-0.15, -0.1) is 0 Å². The zero-order valence-corrected chi connectivity index (χ0v) is 39.1. The summed E-state index contributed by atoms with van der Waals surface area (Å²) in [6.45, 7) is 7.79. The maximum Gasteiger partial charge on any atom is 0.497 e. The van der Waals surface area contributed by atoms with Gasteiger partial charge in [-0.25, -0.2) is 18.4 Å². The van der Waals surface area contributed by atoms with Crippen LogP contribution in [0.5, 0.6) is 0 Å². The molecule has 2 saturated carbocycles. The van der Waals surface area contributed by atoms with E-state index < -0.39 is 18.3 Å². The molecule has 6 N–H and O–H groups in total. The second-order valence-electron chi connectivity index (χ2n) is 18.0. The topological polar surface area (TPSA) is 155 Å². The Morgan fingerprint density at radius 3 is 1.66 bits per heavy atom. The molecule has 10 nitrogen and oxygen atoms in total. The number of H-pyrrole nitrogens is 2. The van der Waals surface area contributed by atoms with Crippen LogP contribution in [-0.4, -0.2) is 54.4 Å². The highest BCUT2D eigenvalue weighted by Gasteiger charge is 2.52. The number of methoxy groups -OCH3 is 2. The van der Waals surface area contributed by atoms with E-state index in [-0.39, 0.29) is 23.6 Å². The summed E-state index contributed by atoms with van der Waals surface area (Å²) in [6, 6.07) is 20.0. The smallest absolute Gasteiger partial charge is 0.465 e. The Morgan fingerprint density at radius 2 is 1.12 bits per heavy atom. The van der Waals surface area contributed by atoms with E-state index in [0.29, 0.717) is 45.4 Å². The maximum atomic E-state index is 13.9. The predicted octanol–water partition coefficient (Wildman–Crippen LogP) is 11.9. The van der Waals surface area contributed by atoms with Gasteiger partial charge in [0, 0.05) is 44.2 Å². The number of hydrogen-bond acceptors (Lipinski definition) is 8. The monoisotopic (exact) mass is 938 g/mol. The lowest BCUT2D eigenvalue weighted by Crippen LogP contribution is -2.41. The van der Waals surface area contributed by atoms with Crippen LogP contribution in [0.15, 0.2) is 77.4 Å². The van der Waals surface area contributed by atoms with Gasteiger partial charge in [0.2, 0.25) is 0 Å². The van der Waals surface area contributed by atoms with Crippen LogP contribution < -0.4 is 16.9 Å². The number of esters is 2. The highest BCUT2D eigenvalue weighted by molar-refractivity contribution is 9.10. The Morgan fingerprint density at radius 1 is 0.656 bits per heavy atom. The first-order chi connectivity index (χ1) is 30.5. The number of nitrogens with one attached hydrogen (secondary N) is 2. The van der Waals surface area contributed by atoms with Crippen LogP contribution in [0.4, 0.5) is 20.2 Å². The Balaban J connectivity index is 0.000000148. The molecule has 1 aliphatic heterocycles. The van der Waals surface area contributed by atoms with Gasteiger partial charge < -0.3 is 40.2 Å². The average Bonchev–Trinajstić information content (AvgIpc) is 3.91. The lowest BCUT2D eigenvalue weighted by molar-refractivity contribution is 0.00578. The number of benzene rings is 4. The van der Waals surface area contributed by atoms with Gasteiger partial charge in [0.1, 0.15) is 11.6 Å². The van der Waals surface area contributed by atoms with E-state index in [9.17, 15) is 18.4 Å².